The normalized spacial score (nSPS) is 30.5. The molecule has 0 radical (unpaired) electrons. The Labute approximate surface area is 80.5 Å². The fourth-order valence-electron chi connectivity index (χ4n) is 1.77. The van der Waals surface area contributed by atoms with Gasteiger partial charge in [0.05, 0.1) is 0 Å². The fourth-order valence-corrected chi connectivity index (χ4v) is 1.77. The molecule has 1 fully saturated rings. The second-order valence-corrected chi connectivity index (χ2v) is 4.31. The Morgan fingerprint density at radius 2 is 2.08 bits per heavy atom. The fraction of sp³-hybridized carbons (Fsp3) is 1.00. The smallest absolute Gasteiger partial charge is 0.113 e. The molecule has 0 saturated carbocycles. The van der Waals surface area contributed by atoms with Crippen molar-refractivity contribution in [2.45, 2.75) is 31.4 Å². The summed E-state index contributed by atoms with van der Waals surface area (Å²) in [6.45, 7) is 2.67. The van der Waals surface area contributed by atoms with Gasteiger partial charge in [-0.2, -0.15) is 0 Å². The summed E-state index contributed by atoms with van der Waals surface area (Å²) in [4.78, 5) is 2.06. The molecule has 1 saturated heterocycles. The highest BCUT2D eigenvalue weighted by Crippen LogP contribution is 2.27. The van der Waals surface area contributed by atoms with Crippen LogP contribution in [0.25, 0.3) is 0 Å². The number of nitrogens with zero attached hydrogens (tertiary/aromatic N) is 1. The molecule has 1 rings (SSSR count). The van der Waals surface area contributed by atoms with Crippen molar-refractivity contribution in [3.8, 4) is 0 Å². The zero-order chi connectivity index (χ0) is 9.73. The summed E-state index contributed by atoms with van der Waals surface area (Å²) in [6.07, 6.45) is 3.07. The lowest BCUT2D eigenvalue weighted by atomic mass is 9.93. The van der Waals surface area contributed by atoms with E-state index >= 15 is 0 Å². The summed E-state index contributed by atoms with van der Waals surface area (Å²) in [5.74, 6) is 0. The molecule has 1 heterocycles. The number of halogens is 1. The van der Waals surface area contributed by atoms with Gasteiger partial charge >= 0.3 is 0 Å². The second kappa shape index (κ2) is 4.91. The maximum atomic E-state index is 14.1. The SMILES string of the molecule is CN(C)CCC1(F)CCCNCC1. The molecule has 1 unspecified atom stereocenters. The minimum absolute atomic E-state index is 0.681. The van der Waals surface area contributed by atoms with Crippen molar-refractivity contribution in [3.05, 3.63) is 0 Å². The van der Waals surface area contributed by atoms with E-state index in [2.05, 4.69) is 10.2 Å². The third-order valence-corrected chi connectivity index (χ3v) is 2.74. The summed E-state index contributed by atoms with van der Waals surface area (Å²) < 4.78 is 14.1. The molecule has 78 valence electrons. The van der Waals surface area contributed by atoms with Crippen molar-refractivity contribution in [2.75, 3.05) is 33.7 Å². The number of hydrogen-bond donors (Lipinski definition) is 1. The first-order chi connectivity index (χ1) is 6.12. The molecule has 1 atom stereocenters. The molecule has 0 aromatic carbocycles. The van der Waals surface area contributed by atoms with Gasteiger partial charge in [0, 0.05) is 6.54 Å². The third kappa shape index (κ3) is 4.05. The minimum atomic E-state index is -0.909. The standard InChI is InChI=1S/C10H21FN2/c1-13(2)9-6-10(11)4-3-7-12-8-5-10/h12H,3-9H2,1-2H3. The van der Waals surface area contributed by atoms with Gasteiger partial charge in [-0.05, 0) is 52.9 Å². The van der Waals surface area contributed by atoms with Crippen LogP contribution < -0.4 is 5.32 Å². The zero-order valence-corrected chi connectivity index (χ0v) is 8.77. The lowest BCUT2D eigenvalue weighted by molar-refractivity contribution is 0.119. The Morgan fingerprint density at radius 3 is 2.77 bits per heavy atom. The van der Waals surface area contributed by atoms with E-state index in [1.54, 1.807) is 0 Å². The van der Waals surface area contributed by atoms with E-state index in [0.29, 0.717) is 12.8 Å². The summed E-state index contributed by atoms with van der Waals surface area (Å²) >= 11 is 0. The summed E-state index contributed by atoms with van der Waals surface area (Å²) in [5, 5.41) is 3.24. The lowest BCUT2D eigenvalue weighted by Gasteiger charge is -2.24. The Morgan fingerprint density at radius 1 is 1.31 bits per heavy atom. The van der Waals surface area contributed by atoms with Crippen LogP contribution in [0.3, 0.4) is 0 Å². The highest BCUT2D eigenvalue weighted by molar-refractivity contribution is 4.83. The molecule has 0 amide bonds. The van der Waals surface area contributed by atoms with Gasteiger partial charge in [0.1, 0.15) is 5.67 Å². The maximum Gasteiger partial charge on any atom is 0.113 e. The van der Waals surface area contributed by atoms with Crippen molar-refractivity contribution in [1.29, 1.82) is 0 Å². The molecular weight excluding hydrogens is 167 g/mol. The molecule has 3 heteroatoms. The molecule has 0 aliphatic carbocycles. The Hall–Kier alpha value is -0.150. The molecule has 1 aliphatic rings. The van der Waals surface area contributed by atoms with E-state index < -0.39 is 5.67 Å². The molecule has 0 aromatic rings. The van der Waals surface area contributed by atoms with Gasteiger partial charge in [0.15, 0.2) is 0 Å². The lowest BCUT2D eigenvalue weighted by Crippen LogP contribution is -2.29. The Balaban J connectivity index is 2.33. The molecule has 2 nitrogen and oxygen atoms in total. The Bertz CT molecular complexity index is 140. The molecule has 1 aliphatic heterocycles. The van der Waals surface area contributed by atoms with E-state index in [4.69, 9.17) is 0 Å². The molecule has 13 heavy (non-hydrogen) atoms. The summed E-state index contributed by atoms with van der Waals surface area (Å²) in [5.41, 5.74) is -0.909. The van der Waals surface area contributed by atoms with Gasteiger partial charge in [0.2, 0.25) is 0 Å². The van der Waals surface area contributed by atoms with E-state index in [1.807, 2.05) is 14.1 Å². The van der Waals surface area contributed by atoms with Gasteiger partial charge < -0.3 is 10.2 Å². The largest absolute Gasteiger partial charge is 0.317 e. The van der Waals surface area contributed by atoms with Crippen LogP contribution in [0.2, 0.25) is 0 Å². The van der Waals surface area contributed by atoms with Gasteiger partial charge in [0.25, 0.3) is 0 Å². The Kier molecular flexibility index (Phi) is 4.13. The van der Waals surface area contributed by atoms with Crippen LogP contribution in [-0.4, -0.2) is 44.3 Å². The van der Waals surface area contributed by atoms with Crippen LogP contribution in [-0.2, 0) is 0 Å². The van der Waals surface area contributed by atoms with Crippen LogP contribution in [0.15, 0.2) is 0 Å². The van der Waals surface area contributed by atoms with Crippen LogP contribution in [0.5, 0.6) is 0 Å². The highest BCUT2D eigenvalue weighted by atomic mass is 19.1. The number of rotatable bonds is 3. The number of hydrogen-bond acceptors (Lipinski definition) is 2. The first-order valence-electron chi connectivity index (χ1n) is 5.17. The highest BCUT2D eigenvalue weighted by Gasteiger charge is 2.29. The molecule has 1 N–H and O–H groups in total. The van der Waals surface area contributed by atoms with Crippen molar-refractivity contribution in [3.63, 3.8) is 0 Å². The number of nitrogens with one attached hydrogen (secondary N) is 1. The van der Waals surface area contributed by atoms with E-state index in [0.717, 1.165) is 32.5 Å². The molecular formula is C10H21FN2. The van der Waals surface area contributed by atoms with E-state index in [-0.39, 0.29) is 0 Å². The molecule has 0 aromatic heterocycles. The van der Waals surface area contributed by atoms with Gasteiger partial charge in [-0.1, -0.05) is 0 Å². The van der Waals surface area contributed by atoms with Crippen LogP contribution in [0.4, 0.5) is 4.39 Å². The average molecular weight is 188 g/mol. The summed E-state index contributed by atoms with van der Waals surface area (Å²) in [6, 6.07) is 0. The monoisotopic (exact) mass is 188 g/mol. The maximum absolute atomic E-state index is 14.1. The van der Waals surface area contributed by atoms with Gasteiger partial charge in [-0.3, -0.25) is 0 Å². The zero-order valence-electron chi connectivity index (χ0n) is 8.77. The van der Waals surface area contributed by atoms with Crippen molar-refractivity contribution >= 4 is 0 Å². The number of alkyl halides is 1. The first-order valence-corrected chi connectivity index (χ1v) is 5.17. The predicted octanol–water partition coefficient (Wildman–Crippen LogP) is 1.42. The topological polar surface area (TPSA) is 15.3 Å². The van der Waals surface area contributed by atoms with Crippen molar-refractivity contribution in [1.82, 2.24) is 10.2 Å². The van der Waals surface area contributed by atoms with Crippen molar-refractivity contribution in [2.24, 2.45) is 0 Å². The summed E-state index contributed by atoms with van der Waals surface area (Å²) in [7, 11) is 4.00. The molecule has 0 bridgehead atoms. The van der Waals surface area contributed by atoms with Crippen molar-refractivity contribution < 1.29 is 4.39 Å². The van der Waals surface area contributed by atoms with Crippen LogP contribution in [0.1, 0.15) is 25.7 Å². The third-order valence-electron chi connectivity index (χ3n) is 2.74. The van der Waals surface area contributed by atoms with Gasteiger partial charge in [-0.15, -0.1) is 0 Å². The van der Waals surface area contributed by atoms with E-state index in [9.17, 15) is 4.39 Å². The quantitative estimate of drug-likeness (QED) is 0.720. The molecule has 0 spiro atoms. The predicted molar refractivity (Wildman–Crippen MR) is 53.7 cm³/mol. The van der Waals surface area contributed by atoms with Crippen LogP contribution >= 0.6 is 0 Å². The van der Waals surface area contributed by atoms with E-state index in [1.165, 1.54) is 0 Å². The van der Waals surface area contributed by atoms with Crippen LogP contribution in [0, 0.1) is 0 Å². The van der Waals surface area contributed by atoms with Gasteiger partial charge in [-0.25, -0.2) is 4.39 Å². The average Bonchev–Trinajstić information content (AvgIpc) is 2.28. The second-order valence-electron chi connectivity index (χ2n) is 4.31. The first kappa shape index (κ1) is 10.9. The minimum Gasteiger partial charge on any atom is -0.317 e.